The highest BCUT2D eigenvalue weighted by Gasteiger charge is 2.62. The highest BCUT2D eigenvalue weighted by molar-refractivity contribution is 5.89. The van der Waals surface area contributed by atoms with E-state index in [1.54, 1.807) is 0 Å². The van der Waals surface area contributed by atoms with Crippen LogP contribution in [0.4, 0.5) is 0 Å². The molecule has 4 aliphatic carbocycles. The minimum absolute atomic E-state index is 0.0570. The molecule has 4 saturated carbocycles. The smallest absolute Gasteiger partial charge is 0.338 e. The van der Waals surface area contributed by atoms with Crippen LogP contribution in [0, 0.1) is 34.5 Å². The normalized spacial score (nSPS) is 44.5. The molecule has 1 aromatic carbocycles. The lowest BCUT2D eigenvalue weighted by molar-refractivity contribution is -0.230. The molecule has 1 aromatic rings. The van der Waals surface area contributed by atoms with Crippen LogP contribution in [0.2, 0.25) is 0 Å². The van der Waals surface area contributed by atoms with Crippen LogP contribution in [0.3, 0.4) is 0 Å². The topological polar surface area (TPSA) is 44.8 Å². The number of hydrogen-bond donors (Lipinski definition) is 0. The Bertz CT molecular complexity index is 861. The van der Waals surface area contributed by atoms with Crippen LogP contribution in [0.15, 0.2) is 30.3 Å². The Morgan fingerprint density at radius 3 is 2.41 bits per heavy atom. The molecule has 32 heavy (non-hydrogen) atoms. The molecule has 4 nitrogen and oxygen atoms in total. The van der Waals surface area contributed by atoms with Gasteiger partial charge in [-0.1, -0.05) is 32.0 Å². The Morgan fingerprint density at radius 1 is 0.875 bits per heavy atom. The van der Waals surface area contributed by atoms with Crippen LogP contribution in [-0.4, -0.2) is 31.1 Å². The second-order valence-corrected chi connectivity index (χ2v) is 11.9. The molecule has 0 aromatic heterocycles. The quantitative estimate of drug-likeness (QED) is 0.532. The van der Waals surface area contributed by atoms with E-state index in [2.05, 4.69) is 13.8 Å². The van der Waals surface area contributed by atoms with E-state index in [1.807, 2.05) is 30.3 Å². The van der Waals surface area contributed by atoms with Crippen LogP contribution < -0.4 is 0 Å². The molecule has 5 fully saturated rings. The fourth-order valence-corrected chi connectivity index (χ4v) is 8.87. The maximum absolute atomic E-state index is 12.8. The van der Waals surface area contributed by atoms with Gasteiger partial charge < -0.3 is 14.2 Å². The average Bonchev–Trinajstić information content (AvgIpc) is 3.39. The minimum atomic E-state index is -0.274. The number of esters is 1. The highest BCUT2D eigenvalue weighted by atomic mass is 16.7. The van der Waals surface area contributed by atoms with Gasteiger partial charge in [0.15, 0.2) is 5.79 Å². The van der Waals surface area contributed by atoms with Gasteiger partial charge in [-0.25, -0.2) is 4.79 Å². The Labute approximate surface area is 192 Å². The van der Waals surface area contributed by atoms with Crippen molar-refractivity contribution in [3.05, 3.63) is 35.9 Å². The van der Waals surface area contributed by atoms with E-state index >= 15 is 0 Å². The first kappa shape index (κ1) is 21.2. The number of carbonyl (C=O) groups is 1. The fraction of sp³-hybridized carbons (Fsp3) is 0.750. The summed E-state index contributed by atoms with van der Waals surface area (Å²) in [7, 11) is 0. The first-order valence-corrected chi connectivity index (χ1v) is 13.0. The first-order valence-electron chi connectivity index (χ1n) is 13.0. The van der Waals surface area contributed by atoms with Gasteiger partial charge in [0.05, 0.1) is 18.8 Å². The van der Waals surface area contributed by atoms with Crippen molar-refractivity contribution in [1.29, 1.82) is 0 Å². The summed E-state index contributed by atoms with van der Waals surface area (Å²) < 4.78 is 18.4. The molecule has 4 heteroatoms. The summed E-state index contributed by atoms with van der Waals surface area (Å²) in [5.41, 5.74) is 1.21. The summed E-state index contributed by atoms with van der Waals surface area (Å²) in [6.45, 7) is 6.53. The molecule has 1 heterocycles. The van der Waals surface area contributed by atoms with Gasteiger partial charge in [-0.3, -0.25) is 0 Å². The largest absolute Gasteiger partial charge is 0.458 e. The molecule has 0 bridgehead atoms. The van der Waals surface area contributed by atoms with Gasteiger partial charge in [0.1, 0.15) is 6.10 Å². The molecule has 6 rings (SSSR count). The molecular weight excluding hydrogens is 400 g/mol. The lowest BCUT2D eigenvalue weighted by Crippen LogP contribution is -2.56. The third-order valence-electron chi connectivity index (χ3n) is 10.7. The lowest BCUT2D eigenvalue weighted by atomic mass is 9.45. The monoisotopic (exact) mass is 438 g/mol. The van der Waals surface area contributed by atoms with Crippen LogP contribution in [0.25, 0.3) is 0 Å². The zero-order valence-corrected chi connectivity index (χ0v) is 19.7. The van der Waals surface area contributed by atoms with Gasteiger partial charge in [0.2, 0.25) is 0 Å². The molecule has 174 valence electrons. The van der Waals surface area contributed by atoms with E-state index in [9.17, 15) is 4.79 Å². The van der Waals surface area contributed by atoms with E-state index in [4.69, 9.17) is 14.2 Å². The Kier molecular flexibility index (Phi) is 5.00. The zero-order valence-electron chi connectivity index (χ0n) is 19.7. The number of carbonyl (C=O) groups excluding carboxylic acids is 1. The Balaban J connectivity index is 1.19. The lowest BCUT2D eigenvalue weighted by Gasteiger charge is -2.61. The van der Waals surface area contributed by atoms with Crippen molar-refractivity contribution < 1.29 is 19.0 Å². The van der Waals surface area contributed by atoms with Gasteiger partial charge in [-0.05, 0) is 86.2 Å². The van der Waals surface area contributed by atoms with Crippen LogP contribution in [-0.2, 0) is 14.2 Å². The van der Waals surface area contributed by atoms with Crippen LogP contribution in [0.5, 0.6) is 0 Å². The number of hydrogen-bond acceptors (Lipinski definition) is 4. The van der Waals surface area contributed by atoms with Crippen LogP contribution >= 0.6 is 0 Å². The zero-order chi connectivity index (χ0) is 22.0. The van der Waals surface area contributed by atoms with Crippen molar-refractivity contribution in [2.45, 2.75) is 83.5 Å². The maximum atomic E-state index is 12.8. The molecule has 1 spiro atoms. The third kappa shape index (κ3) is 3.12. The van der Waals surface area contributed by atoms with E-state index in [1.165, 1.54) is 38.5 Å². The Morgan fingerprint density at radius 2 is 1.62 bits per heavy atom. The molecule has 0 amide bonds. The van der Waals surface area contributed by atoms with Gasteiger partial charge in [-0.2, -0.15) is 0 Å². The third-order valence-corrected chi connectivity index (χ3v) is 10.7. The predicted molar refractivity (Wildman–Crippen MR) is 122 cm³/mol. The number of ether oxygens (including phenoxy) is 3. The SMILES string of the molecule is C[C@]12CCC3C(CC[C@H]4CC5(CC[C@]34C)OCCO5)C1CCC2OC(=O)c1ccccc1. The second kappa shape index (κ2) is 7.56. The van der Waals surface area contributed by atoms with Gasteiger partial charge in [0, 0.05) is 18.3 Å². The van der Waals surface area contributed by atoms with Crippen molar-refractivity contribution in [2.24, 2.45) is 34.5 Å². The standard InChI is InChI=1S/C28H38O4/c1-26-14-15-28(30-16-17-31-28)18-20(26)8-9-21-22-10-11-24(27(22,2)13-12-23(21)26)32-25(29)19-6-4-3-5-7-19/h3-7,20-24H,8-18H2,1-2H3/t20-,21?,22?,23?,24?,26-,27-/m0/s1. The van der Waals surface area contributed by atoms with E-state index in [0.717, 1.165) is 44.3 Å². The molecule has 0 radical (unpaired) electrons. The summed E-state index contributed by atoms with van der Waals surface area (Å²) in [6, 6.07) is 9.50. The average molecular weight is 439 g/mol. The molecule has 1 saturated heterocycles. The summed E-state index contributed by atoms with van der Waals surface area (Å²) >= 11 is 0. The van der Waals surface area contributed by atoms with Crippen molar-refractivity contribution >= 4 is 5.97 Å². The molecule has 0 N–H and O–H groups in total. The first-order chi connectivity index (χ1) is 15.4. The molecule has 1 aliphatic heterocycles. The van der Waals surface area contributed by atoms with E-state index < -0.39 is 0 Å². The summed E-state index contributed by atoms with van der Waals surface area (Å²) in [4.78, 5) is 12.8. The van der Waals surface area contributed by atoms with E-state index in [0.29, 0.717) is 22.8 Å². The van der Waals surface area contributed by atoms with Crippen LogP contribution in [0.1, 0.15) is 82.0 Å². The minimum Gasteiger partial charge on any atom is -0.458 e. The van der Waals surface area contributed by atoms with Crippen molar-refractivity contribution in [2.75, 3.05) is 13.2 Å². The summed E-state index contributed by atoms with van der Waals surface area (Å²) in [5, 5.41) is 0. The van der Waals surface area contributed by atoms with E-state index in [-0.39, 0.29) is 23.3 Å². The Hall–Kier alpha value is -1.39. The highest BCUT2D eigenvalue weighted by Crippen LogP contribution is 2.67. The number of benzene rings is 1. The fourth-order valence-electron chi connectivity index (χ4n) is 8.87. The second-order valence-electron chi connectivity index (χ2n) is 11.9. The molecule has 4 unspecified atom stereocenters. The summed E-state index contributed by atoms with van der Waals surface area (Å²) in [5.74, 6) is 2.54. The molecular formula is C28H38O4. The molecule has 5 aliphatic rings. The van der Waals surface area contributed by atoms with Gasteiger partial charge in [-0.15, -0.1) is 0 Å². The van der Waals surface area contributed by atoms with Gasteiger partial charge >= 0.3 is 5.97 Å². The number of rotatable bonds is 2. The molecule has 7 atom stereocenters. The maximum Gasteiger partial charge on any atom is 0.338 e. The number of fused-ring (bicyclic) bond motifs is 5. The van der Waals surface area contributed by atoms with Gasteiger partial charge in [0.25, 0.3) is 0 Å². The van der Waals surface area contributed by atoms with Crippen molar-refractivity contribution in [3.63, 3.8) is 0 Å². The van der Waals surface area contributed by atoms with Crippen molar-refractivity contribution in [1.82, 2.24) is 0 Å². The predicted octanol–water partition coefficient (Wildman–Crippen LogP) is 6.00. The van der Waals surface area contributed by atoms with Crippen molar-refractivity contribution in [3.8, 4) is 0 Å². The summed E-state index contributed by atoms with van der Waals surface area (Å²) in [6.07, 6.45) is 10.7.